The predicted molar refractivity (Wildman–Crippen MR) is 89.9 cm³/mol. The number of aryl methyl sites for hydroxylation is 2. The van der Waals surface area contributed by atoms with Crippen LogP contribution in [0.2, 0.25) is 0 Å². The average molecular weight is 375 g/mol. The molecule has 1 N–H and O–H groups in total. The second-order valence-corrected chi connectivity index (χ2v) is 5.75. The van der Waals surface area contributed by atoms with Crippen molar-refractivity contribution in [1.82, 2.24) is 19.6 Å². The fraction of sp³-hybridized carbons (Fsp3) is 0.235. The number of ether oxygens (including phenoxy) is 1. The monoisotopic (exact) mass is 375 g/mol. The molecule has 2 heterocycles. The van der Waals surface area contributed by atoms with E-state index in [2.05, 4.69) is 20.4 Å². The molecular weight excluding hydrogens is 360 g/mol. The number of fused-ring (bicyclic) bond motifs is 1. The number of carbonyl (C=O) groups is 2. The van der Waals surface area contributed by atoms with Crippen LogP contribution in [-0.4, -0.2) is 38.1 Å². The summed E-state index contributed by atoms with van der Waals surface area (Å²) in [6.07, 6.45) is 1.26. The molecule has 0 aliphatic carbocycles. The number of nitrogens with zero attached hydrogens (tertiary/aromatic N) is 4. The lowest BCUT2D eigenvalue weighted by Gasteiger charge is -2.10. The van der Waals surface area contributed by atoms with E-state index in [1.165, 1.54) is 16.9 Å². The maximum absolute atomic E-state index is 13.1. The number of nitrogens with one attached hydrogen (secondary N) is 1. The lowest BCUT2D eigenvalue weighted by atomic mass is 10.1. The number of esters is 1. The lowest BCUT2D eigenvalue weighted by Crippen LogP contribution is -2.22. The van der Waals surface area contributed by atoms with Crippen molar-refractivity contribution >= 4 is 23.3 Å². The summed E-state index contributed by atoms with van der Waals surface area (Å²) in [6, 6.07) is 2.92. The third kappa shape index (κ3) is 4.05. The zero-order valence-corrected chi connectivity index (χ0v) is 14.5. The Morgan fingerprint density at radius 3 is 2.74 bits per heavy atom. The van der Waals surface area contributed by atoms with Crippen LogP contribution in [0.15, 0.2) is 24.5 Å². The van der Waals surface area contributed by atoms with Crippen molar-refractivity contribution in [1.29, 1.82) is 0 Å². The summed E-state index contributed by atoms with van der Waals surface area (Å²) in [5, 5.41) is 6.35. The topological polar surface area (TPSA) is 98.5 Å². The molecule has 8 nitrogen and oxygen atoms in total. The van der Waals surface area contributed by atoms with Crippen LogP contribution in [-0.2, 0) is 20.7 Å². The van der Waals surface area contributed by atoms with Gasteiger partial charge in [-0.05, 0) is 26.0 Å². The third-order valence-electron chi connectivity index (χ3n) is 3.88. The van der Waals surface area contributed by atoms with Crippen molar-refractivity contribution < 1.29 is 23.1 Å². The van der Waals surface area contributed by atoms with E-state index < -0.39 is 30.1 Å². The Morgan fingerprint density at radius 1 is 1.22 bits per heavy atom. The Labute approximate surface area is 152 Å². The van der Waals surface area contributed by atoms with Gasteiger partial charge in [0.1, 0.15) is 6.33 Å². The Hall–Kier alpha value is -3.43. The molecule has 0 saturated carbocycles. The normalized spacial score (nSPS) is 10.8. The van der Waals surface area contributed by atoms with E-state index in [0.29, 0.717) is 22.7 Å². The quantitative estimate of drug-likeness (QED) is 0.682. The summed E-state index contributed by atoms with van der Waals surface area (Å²) in [5.41, 5.74) is 1.98. The number of anilines is 1. The summed E-state index contributed by atoms with van der Waals surface area (Å²) >= 11 is 0. The van der Waals surface area contributed by atoms with Gasteiger partial charge < -0.3 is 10.1 Å². The van der Waals surface area contributed by atoms with Crippen LogP contribution in [0.25, 0.3) is 5.78 Å². The zero-order valence-electron chi connectivity index (χ0n) is 14.5. The third-order valence-corrected chi connectivity index (χ3v) is 3.88. The summed E-state index contributed by atoms with van der Waals surface area (Å²) in [4.78, 5) is 32.1. The molecule has 0 radical (unpaired) electrons. The number of benzene rings is 1. The number of aromatic nitrogens is 4. The molecule has 0 bridgehead atoms. The molecule has 27 heavy (non-hydrogen) atoms. The van der Waals surface area contributed by atoms with E-state index in [1.54, 1.807) is 13.8 Å². The number of rotatable bonds is 5. The maximum Gasteiger partial charge on any atom is 0.310 e. The Balaban J connectivity index is 1.59. The minimum Gasteiger partial charge on any atom is -0.455 e. The minimum atomic E-state index is -1.09. The molecule has 3 rings (SSSR count). The van der Waals surface area contributed by atoms with E-state index in [9.17, 15) is 18.4 Å². The van der Waals surface area contributed by atoms with E-state index >= 15 is 0 Å². The van der Waals surface area contributed by atoms with Gasteiger partial charge in [-0.15, -0.1) is 0 Å². The van der Waals surface area contributed by atoms with Gasteiger partial charge in [0, 0.05) is 28.7 Å². The Bertz CT molecular complexity index is 1030. The highest BCUT2D eigenvalue weighted by molar-refractivity contribution is 5.92. The number of halogens is 2. The van der Waals surface area contributed by atoms with Crippen molar-refractivity contribution in [3.05, 3.63) is 53.1 Å². The fourth-order valence-corrected chi connectivity index (χ4v) is 2.52. The van der Waals surface area contributed by atoms with Gasteiger partial charge in [-0.1, -0.05) is 0 Å². The first-order valence-corrected chi connectivity index (χ1v) is 7.91. The van der Waals surface area contributed by atoms with Crippen molar-refractivity contribution in [2.75, 3.05) is 11.9 Å². The van der Waals surface area contributed by atoms with Crippen molar-refractivity contribution in [2.24, 2.45) is 0 Å². The van der Waals surface area contributed by atoms with Gasteiger partial charge in [0.15, 0.2) is 18.2 Å². The summed E-state index contributed by atoms with van der Waals surface area (Å²) in [6.45, 7) is 2.95. The van der Waals surface area contributed by atoms with Gasteiger partial charge in [-0.2, -0.15) is 10.1 Å². The van der Waals surface area contributed by atoms with E-state index in [-0.39, 0.29) is 12.1 Å². The first-order chi connectivity index (χ1) is 12.8. The number of amides is 1. The molecule has 140 valence electrons. The lowest BCUT2D eigenvalue weighted by molar-refractivity contribution is -0.146. The Kier molecular flexibility index (Phi) is 5.06. The van der Waals surface area contributed by atoms with Crippen molar-refractivity contribution in [3.63, 3.8) is 0 Å². The molecule has 10 heteroatoms. The second-order valence-electron chi connectivity index (χ2n) is 5.75. The number of hydrogen-bond donors (Lipinski definition) is 1. The summed E-state index contributed by atoms with van der Waals surface area (Å²) in [5.74, 6) is -3.00. The van der Waals surface area contributed by atoms with Crippen LogP contribution < -0.4 is 5.32 Å². The Morgan fingerprint density at radius 2 is 2.00 bits per heavy atom. The van der Waals surface area contributed by atoms with Gasteiger partial charge in [-0.3, -0.25) is 9.59 Å². The highest BCUT2D eigenvalue weighted by atomic mass is 19.2. The molecule has 0 aliphatic heterocycles. The molecule has 0 saturated heterocycles. The van der Waals surface area contributed by atoms with Crippen LogP contribution in [0.1, 0.15) is 17.0 Å². The van der Waals surface area contributed by atoms with Gasteiger partial charge in [0.25, 0.3) is 11.7 Å². The summed E-state index contributed by atoms with van der Waals surface area (Å²) < 4.78 is 32.4. The molecule has 1 amide bonds. The zero-order chi connectivity index (χ0) is 19.6. The maximum atomic E-state index is 13.1. The van der Waals surface area contributed by atoms with Gasteiger partial charge >= 0.3 is 5.97 Å². The van der Waals surface area contributed by atoms with Gasteiger partial charge in [-0.25, -0.2) is 18.3 Å². The molecule has 0 aliphatic rings. The van der Waals surface area contributed by atoms with Crippen LogP contribution in [0.4, 0.5) is 14.5 Å². The molecule has 1 aromatic carbocycles. The highest BCUT2D eigenvalue weighted by Crippen LogP contribution is 2.15. The molecule has 0 spiro atoms. The van der Waals surface area contributed by atoms with E-state index in [1.807, 2.05) is 0 Å². The highest BCUT2D eigenvalue weighted by Gasteiger charge is 2.16. The number of carbonyl (C=O) groups excluding carboxylic acids is 2. The van der Waals surface area contributed by atoms with Crippen LogP contribution in [0.3, 0.4) is 0 Å². The summed E-state index contributed by atoms with van der Waals surface area (Å²) in [7, 11) is 0. The largest absolute Gasteiger partial charge is 0.455 e. The van der Waals surface area contributed by atoms with Gasteiger partial charge in [0.05, 0.1) is 6.42 Å². The smallest absolute Gasteiger partial charge is 0.310 e. The SMILES string of the molecule is Cc1nc2ncnn2c(C)c1CC(=O)OCC(=O)Nc1ccc(F)c(F)c1. The second kappa shape index (κ2) is 7.44. The van der Waals surface area contributed by atoms with Crippen LogP contribution >= 0.6 is 0 Å². The predicted octanol–water partition coefficient (Wildman–Crippen LogP) is 1.74. The molecule has 0 fully saturated rings. The number of hydrogen-bond acceptors (Lipinski definition) is 6. The van der Waals surface area contributed by atoms with Crippen molar-refractivity contribution in [2.45, 2.75) is 20.3 Å². The minimum absolute atomic E-state index is 0.0578. The van der Waals surface area contributed by atoms with E-state index in [0.717, 1.165) is 12.1 Å². The molecule has 3 aromatic rings. The first kappa shape index (κ1) is 18.4. The fourth-order valence-electron chi connectivity index (χ4n) is 2.52. The van der Waals surface area contributed by atoms with Crippen LogP contribution in [0.5, 0.6) is 0 Å². The van der Waals surface area contributed by atoms with E-state index in [4.69, 9.17) is 4.74 Å². The molecule has 2 aromatic heterocycles. The van der Waals surface area contributed by atoms with Crippen molar-refractivity contribution in [3.8, 4) is 0 Å². The van der Waals surface area contributed by atoms with Gasteiger partial charge in [0.2, 0.25) is 0 Å². The standard InChI is InChI=1S/C17H15F2N5O3/c1-9-12(10(2)24-17(22-9)20-8-21-24)6-16(26)27-7-15(25)23-11-3-4-13(18)14(19)5-11/h3-5,8H,6-7H2,1-2H3,(H,23,25). The average Bonchev–Trinajstić information content (AvgIpc) is 3.08. The van der Waals surface area contributed by atoms with Crippen LogP contribution in [0, 0.1) is 25.5 Å². The molecule has 0 atom stereocenters. The first-order valence-electron chi connectivity index (χ1n) is 7.91. The molecular formula is C17H15F2N5O3. The molecule has 0 unspecified atom stereocenters.